The topological polar surface area (TPSA) is 55.1 Å². The van der Waals surface area contributed by atoms with Gasteiger partial charge in [-0.1, -0.05) is 34.1 Å². The molecule has 5 heteroatoms. The van der Waals surface area contributed by atoms with Gasteiger partial charge in [0.05, 0.1) is 5.69 Å². The predicted octanol–water partition coefficient (Wildman–Crippen LogP) is 3.10. The molecule has 2 aromatic rings. The smallest absolute Gasteiger partial charge is 0.251 e. The van der Waals surface area contributed by atoms with Crippen LogP contribution in [0.2, 0.25) is 0 Å². The summed E-state index contributed by atoms with van der Waals surface area (Å²) in [7, 11) is 0. The minimum absolute atomic E-state index is 0.0300. The first-order valence-electron chi connectivity index (χ1n) is 5.64. The number of hydrogen-bond donors (Lipinski definition) is 2. The van der Waals surface area contributed by atoms with E-state index < -0.39 is 5.82 Å². The lowest BCUT2D eigenvalue weighted by Crippen LogP contribution is -2.23. The molecule has 98 valence electrons. The van der Waals surface area contributed by atoms with Crippen LogP contribution in [-0.2, 0) is 6.54 Å². The molecular formula is C14H12BrFN2O. The normalized spacial score (nSPS) is 10.2. The monoisotopic (exact) mass is 322 g/mol. The van der Waals surface area contributed by atoms with E-state index >= 15 is 0 Å². The second kappa shape index (κ2) is 5.84. The number of benzene rings is 2. The van der Waals surface area contributed by atoms with E-state index in [9.17, 15) is 9.18 Å². The van der Waals surface area contributed by atoms with Gasteiger partial charge in [0, 0.05) is 16.6 Å². The van der Waals surface area contributed by atoms with E-state index in [1.165, 1.54) is 12.1 Å². The maximum Gasteiger partial charge on any atom is 0.251 e. The number of amides is 1. The fraction of sp³-hybridized carbons (Fsp3) is 0.0714. The second-order valence-corrected chi connectivity index (χ2v) is 4.86. The highest BCUT2D eigenvalue weighted by Gasteiger charge is 2.08. The summed E-state index contributed by atoms with van der Waals surface area (Å²) in [4.78, 5) is 11.9. The first-order valence-corrected chi connectivity index (χ1v) is 6.44. The lowest BCUT2D eigenvalue weighted by atomic mass is 10.1. The average Bonchev–Trinajstić information content (AvgIpc) is 2.40. The standard InChI is InChI=1S/C14H12BrFN2O/c15-11-4-2-1-3-10(11)8-18-14(19)9-5-6-13(17)12(16)7-9/h1-7H,8,17H2,(H,18,19). The third-order valence-electron chi connectivity index (χ3n) is 2.66. The summed E-state index contributed by atoms with van der Waals surface area (Å²) in [5, 5.41) is 2.73. The van der Waals surface area contributed by atoms with E-state index in [0.29, 0.717) is 6.54 Å². The lowest BCUT2D eigenvalue weighted by molar-refractivity contribution is 0.0950. The van der Waals surface area contributed by atoms with Crippen molar-refractivity contribution in [2.75, 3.05) is 5.73 Å². The minimum Gasteiger partial charge on any atom is -0.396 e. The van der Waals surface area contributed by atoms with Gasteiger partial charge in [-0.15, -0.1) is 0 Å². The molecule has 1 amide bonds. The fourth-order valence-electron chi connectivity index (χ4n) is 1.59. The first kappa shape index (κ1) is 13.5. The molecule has 0 heterocycles. The highest BCUT2D eigenvalue weighted by atomic mass is 79.9. The molecule has 0 aliphatic heterocycles. The summed E-state index contributed by atoms with van der Waals surface area (Å²) in [5.41, 5.74) is 6.59. The number of hydrogen-bond acceptors (Lipinski definition) is 2. The van der Waals surface area contributed by atoms with Crippen LogP contribution in [0.4, 0.5) is 10.1 Å². The Hall–Kier alpha value is -1.88. The van der Waals surface area contributed by atoms with Crippen molar-refractivity contribution in [3.8, 4) is 0 Å². The maximum atomic E-state index is 13.3. The van der Waals surface area contributed by atoms with E-state index in [1.54, 1.807) is 0 Å². The van der Waals surface area contributed by atoms with E-state index in [2.05, 4.69) is 21.2 Å². The maximum absolute atomic E-state index is 13.3. The molecule has 0 fully saturated rings. The van der Waals surface area contributed by atoms with Crippen LogP contribution in [0.25, 0.3) is 0 Å². The van der Waals surface area contributed by atoms with E-state index in [1.807, 2.05) is 24.3 Å². The molecule has 0 aliphatic carbocycles. The van der Waals surface area contributed by atoms with Crippen molar-refractivity contribution in [3.05, 3.63) is 63.9 Å². The molecule has 0 unspecified atom stereocenters. The molecule has 2 aromatic carbocycles. The van der Waals surface area contributed by atoms with E-state index in [-0.39, 0.29) is 17.2 Å². The molecule has 3 N–H and O–H groups in total. The summed E-state index contributed by atoms with van der Waals surface area (Å²) in [6, 6.07) is 11.6. The zero-order valence-electron chi connectivity index (χ0n) is 9.99. The van der Waals surface area contributed by atoms with Crippen molar-refractivity contribution in [2.24, 2.45) is 0 Å². The lowest BCUT2D eigenvalue weighted by Gasteiger charge is -2.07. The van der Waals surface area contributed by atoms with Crippen LogP contribution in [0, 0.1) is 5.82 Å². The van der Waals surface area contributed by atoms with Crippen LogP contribution in [0.3, 0.4) is 0 Å². The third kappa shape index (κ3) is 3.32. The molecule has 0 saturated heterocycles. The van der Waals surface area contributed by atoms with Gasteiger partial charge in [-0.2, -0.15) is 0 Å². The van der Waals surface area contributed by atoms with Gasteiger partial charge < -0.3 is 11.1 Å². The van der Waals surface area contributed by atoms with Crippen LogP contribution in [-0.4, -0.2) is 5.91 Å². The molecule has 0 radical (unpaired) electrons. The number of carbonyl (C=O) groups excluding carboxylic acids is 1. The Kier molecular flexibility index (Phi) is 4.16. The average molecular weight is 323 g/mol. The van der Waals surface area contributed by atoms with Gasteiger partial charge in [0.1, 0.15) is 5.82 Å². The molecule has 19 heavy (non-hydrogen) atoms. The fourth-order valence-corrected chi connectivity index (χ4v) is 2.01. The highest BCUT2D eigenvalue weighted by Crippen LogP contribution is 2.16. The van der Waals surface area contributed by atoms with Gasteiger partial charge in [-0.3, -0.25) is 4.79 Å². The molecule has 0 aliphatic rings. The quantitative estimate of drug-likeness (QED) is 0.853. The highest BCUT2D eigenvalue weighted by molar-refractivity contribution is 9.10. The predicted molar refractivity (Wildman–Crippen MR) is 76.1 cm³/mol. The molecule has 0 saturated carbocycles. The number of nitrogens with one attached hydrogen (secondary N) is 1. The number of carbonyl (C=O) groups is 1. The Morgan fingerprint density at radius 3 is 2.68 bits per heavy atom. The summed E-state index contributed by atoms with van der Waals surface area (Å²) in [6.07, 6.45) is 0. The zero-order valence-corrected chi connectivity index (χ0v) is 11.6. The van der Waals surface area contributed by atoms with Gasteiger partial charge >= 0.3 is 0 Å². The summed E-state index contributed by atoms with van der Waals surface area (Å²) in [6.45, 7) is 0.367. The van der Waals surface area contributed by atoms with Crippen molar-refractivity contribution in [1.29, 1.82) is 0 Å². The Labute approximate surface area is 118 Å². The van der Waals surface area contributed by atoms with Crippen LogP contribution in [0.5, 0.6) is 0 Å². The molecular weight excluding hydrogens is 311 g/mol. The number of nitrogens with two attached hydrogens (primary N) is 1. The first-order chi connectivity index (χ1) is 9.08. The minimum atomic E-state index is -0.589. The molecule has 0 aromatic heterocycles. The van der Waals surface area contributed by atoms with Crippen molar-refractivity contribution >= 4 is 27.5 Å². The number of rotatable bonds is 3. The Morgan fingerprint density at radius 2 is 2.00 bits per heavy atom. The number of halogens is 2. The molecule has 0 spiro atoms. The second-order valence-electron chi connectivity index (χ2n) is 4.01. The number of nitrogen functional groups attached to an aromatic ring is 1. The van der Waals surface area contributed by atoms with Crippen LogP contribution in [0.15, 0.2) is 46.9 Å². The van der Waals surface area contributed by atoms with Crippen LogP contribution in [0.1, 0.15) is 15.9 Å². The zero-order chi connectivity index (χ0) is 13.8. The van der Waals surface area contributed by atoms with Crippen molar-refractivity contribution in [1.82, 2.24) is 5.32 Å². The van der Waals surface area contributed by atoms with Gasteiger partial charge in [0.15, 0.2) is 0 Å². The molecule has 2 rings (SSSR count). The van der Waals surface area contributed by atoms with Crippen LogP contribution >= 0.6 is 15.9 Å². The Bertz CT molecular complexity index is 616. The number of anilines is 1. The van der Waals surface area contributed by atoms with Crippen molar-refractivity contribution in [2.45, 2.75) is 6.54 Å². The van der Waals surface area contributed by atoms with Gasteiger partial charge in [-0.05, 0) is 29.8 Å². The SMILES string of the molecule is Nc1ccc(C(=O)NCc2ccccc2Br)cc1F. The van der Waals surface area contributed by atoms with Gasteiger partial charge in [-0.25, -0.2) is 4.39 Å². The van der Waals surface area contributed by atoms with Crippen LogP contribution < -0.4 is 11.1 Å². The summed E-state index contributed by atoms with van der Waals surface area (Å²) >= 11 is 3.40. The van der Waals surface area contributed by atoms with Gasteiger partial charge in [0.25, 0.3) is 5.91 Å². The Morgan fingerprint density at radius 1 is 1.26 bits per heavy atom. The van der Waals surface area contributed by atoms with E-state index in [0.717, 1.165) is 16.1 Å². The third-order valence-corrected chi connectivity index (χ3v) is 3.43. The molecule has 0 bridgehead atoms. The largest absolute Gasteiger partial charge is 0.396 e. The molecule has 3 nitrogen and oxygen atoms in total. The Balaban J connectivity index is 2.05. The summed E-state index contributed by atoms with van der Waals surface area (Å²) < 4.78 is 14.2. The molecule has 0 atom stereocenters. The van der Waals surface area contributed by atoms with Gasteiger partial charge in [0.2, 0.25) is 0 Å². The van der Waals surface area contributed by atoms with Crippen molar-refractivity contribution < 1.29 is 9.18 Å². The van der Waals surface area contributed by atoms with E-state index in [4.69, 9.17) is 5.73 Å². The summed E-state index contributed by atoms with van der Waals surface area (Å²) in [5.74, 6) is -0.928. The van der Waals surface area contributed by atoms with Crippen molar-refractivity contribution in [3.63, 3.8) is 0 Å².